The van der Waals surface area contributed by atoms with Gasteiger partial charge in [0.05, 0.1) is 11.5 Å². The first-order valence-electron chi connectivity index (χ1n) is 16.0. The average molecular weight is 650 g/mol. The Morgan fingerprint density at radius 2 is 1.36 bits per heavy atom. The van der Waals surface area contributed by atoms with Crippen molar-refractivity contribution in [2.75, 3.05) is 39.3 Å². The Kier molecular flexibility index (Phi) is 9.78. The maximum absolute atomic E-state index is 14.0. The molecule has 2 heterocycles. The molecule has 0 radical (unpaired) electrons. The van der Waals surface area contributed by atoms with Crippen LogP contribution >= 0.6 is 11.6 Å². The van der Waals surface area contributed by atoms with Gasteiger partial charge in [0, 0.05) is 43.3 Å². The van der Waals surface area contributed by atoms with E-state index in [0.717, 1.165) is 24.0 Å². The summed E-state index contributed by atoms with van der Waals surface area (Å²) in [7, 11) is -4.01. The molecule has 0 aromatic heterocycles. The van der Waals surface area contributed by atoms with Crippen LogP contribution in [0.2, 0.25) is 5.02 Å². The topological polar surface area (TPSA) is 87.2 Å². The fraction of sp³-hybridized carbons (Fsp3) is 0.429. The number of rotatable bonds is 8. The molecule has 3 fully saturated rings. The number of hydrogen-bond donors (Lipinski definition) is 0. The van der Waals surface area contributed by atoms with Crippen LogP contribution in [0.1, 0.15) is 55.3 Å². The number of carbonyl (C=O) groups is 2. The molecule has 3 aromatic rings. The molecular formula is C35H40ClN3O5S. The third kappa shape index (κ3) is 7.21. The summed E-state index contributed by atoms with van der Waals surface area (Å²) in [5, 5.41) is 0.653. The summed E-state index contributed by atoms with van der Waals surface area (Å²) >= 11 is 6.02. The van der Waals surface area contributed by atoms with Gasteiger partial charge in [-0.1, -0.05) is 55.1 Å². The van der Waals surface area contributed by atoms with Crippen LogP contribution in [0.25, 0.3) is 11.1 Å². The number of halogens is 1. The van der Waals surface area contributed by atoms with E-state index in [1.807, 2.05) is 36.4 Å². The molecule has 1 atom stereocenters. The van der Waals surface area contributed by atoms with E-state index in [1.54, 1.807) is 46.2 Å². The van der Waals surface area contributed by atoms with Gasteiger partial charge in [0.25, 0.3) is 5.91 Å². The highest BCUT2D eigenvalue weighted by atomic mass is 35.5. The number of carbonyl (C=O) groups excluding carboxylic acids is 2. The zero-order valence-electron chi connectivity index (χ0n) is 25.4. The number of amides is 2. The van der Waals surface area contributed by atoms with E-state index >= 15 is 0 Å². The van der Waals surface area contributed by atoms with Crippen LogP contribution in [0, 0.1) is 5.92 Å². The molecule has 1 saturated carbocycles. The monoisotopic (exact) mass is 649 g/mol. The molecule has 8 nitrogen and oxygen atoms in total. The van der Waals surface area contributed by atoms with Crippen molar-refractivity contribution in [2.24, 2.45) is 5.92 Å². The van der Waals surface area contributed by atoms with Gasteiger partial charge in [-0.25, -0.2) is 8.42 Å². The van der Waals surface area contributed by atoms with Crippen molar-refractivity contribution in [2.45, 2.75) is 55.9 Å². The van der Waals surface area contributed by atoms with Gasteiger partial charge < -0.3 is 14.5 Å². The summed E-state index contributed by atoms with van der Waals surface area (Å²) < 4.78 is 35.2. The smallest absolute Gasteiger partial charge is 0.253 e. The van der Waals surface area contributed by atoms with Crippen molar-refractivity contribution in [3.05, 3.63) is 83.4 Å². The Bertz CT molecular complexity index is 1580. The highest BCUT2D eigenvalue weighted by Gasteiger charge is 2.43. The van der Waals surface area contributed by atoms with Gasteiger partial charge in [0.1, 0.15) is 11.8 Å². The summed E-state index contributed by atoms with van der Waals surface area (Å²) in [4.78, 5) is 30.8. The van der Waals surface area contributed by atoms with E-state index < -0.39 is 16.1 Å². The van der Waals surface area contributed by atoms with Crippen molar-refractivity contribution in [1.29, 1.82) is 0 Å². The molecule has 3 aliphatic rings. The first-order chi connectivity index (χ1) is 21.8. The zero-order valence-corrected chi connectivity index (χ0v) is 27.0. The van der Waals surface area contributed by atoms with Crippen LogP contribution in [0.5, 0.6) is 5.75 Å². The molecule has 1 aliphatic carbocycles. The Morgan fingerprint density at radius 1 is 0.733 bits per heavy atom. The summed E-state index contributed by atoms with van der Waals surface area (Å²) in [5.41, 5.74) is 2.42. The number of sulfonamides is 1. The highest BCUT2D eigenvalue weighted by molar-refractivity contribution is 7.89. The molecule has 2 saturated heterocycles. The largest absolute Gasteiger partial charge is 0.493 e. The van der Waals surface area contributed by atoms with Gasteiger partial charge in [-0.3, -0.25) is 9.59 Å². The van der Waals surface area contributed by atoms with Gasteiger partial charge in [-0.2, -0.15) is 4.31 Å². The second kappa shape index (κ2) is 13.9. The molecule has 0 N–H and O–H groups in total. The molecule has 2 aliphatic heterocycles. The third-order valence-electron chi connectivity index (χ3n) is 9.27. The van der Waals surface area contributed by atoms with Crippen molar-refractivity contribution in [1.82, 2.24) is 14.1 Å². The lowest BCUT2D eigenvalue weighted by molar-refractivity contribution is -0.135. The zero-order chi connectivity index (χ0) is 31.4. The van der Waals surface area contributed by atoms with Crippen molar-refractivity contribution >= 4 is 33.4 Å². The van der Waals surface area contributed by atoms with Crippen molar-refractivity contribution < 1.29 is 22.7 Å². The number of likely N-dealkylation sites (tertiary alicyclic amines) is 1. The second-order valence-corrected chi connectivity index (χ2v) is 14.6. The van der Waals surface area contributed by atoms with Crippen LogP contribution in [-0.4, -0.2) is 79.7 Å². The van der Waals surface area contributed by atoms with E-state index in [9.17, 15) is 18.0 Å². The lowest BCUT2D eigenvalue weighted by atomic mass is 9.90. The fourth-order valence-corrected chi connectivity index (χ4v) is 8.32. The molecular weight excluding hydrogens is 610 g/mol. The average Bonchev–Trinajstić information content (AvgIpc) is 3.63. The molecule has 0 spiro atoms. The van der Waals surface area contributed by atoms with E-state index in [0.29, 0.717) is 41.9 Å². The van der Waals surface area contributed by atoms with E-state index in [2.05, 4.69) is 0 Å². The number of ether oxygens (including phenoxy) is 1. The predicted molar refractivity (Wildman–Crippen MR) is 175 cm³/mol. The summed E-state index contributed by atoms with van der Waals surface area (Å²) in [6, 6.07) is 20.3. The molecule has 45 heavy (non-hydrogen) atoms. The maximum atomic E-state index is 14.0. The van der Waals surface area contributed by atoms with Crippen LogP contribution in [0.3, 0.4) is 0 Å². The SMILES string of the molecule is O=C(c1ccc(-c2ccc(Cl)cc2)cc1)N1CCN(S(=O)(=O)c2ccc(OCC3CCCCC3)cc2)[C@H](C(=O)N2CCCC2)C1. The van der Waals surface area contributed by atoms with Gasteiger partial charge >= 0.3 is 0 Å². The number of benzene rings is 3. The van der Waals surface area contributed by atoms with Gasteiger partial charge in [0.2, 0.25) is 15.9 Å². The Hall–Kier alpha value is -3.40. The van der Waals surface area contributed by atoms with Crippen molar-refractivity contribution in [3.8, 4) is 16.9 Å². The Balaban J connectivity index is 1.17. The molecule has 10 heteroatoms. The van der Waals surface area contributed by atoms with Crippen LogP contribution in [-0.2, 0) is 14.8 Å². The number of nitrogens with zero attached hydrogens (tertiary/aromatic N) is 3. The summed E-state index contributed by atoms with van der Waals surface area (Å²) in [6.45, 7) is 2.03. The normalized spacial score (nSPS) is 19.9. The molecule has 6 rings (SSSR count). The fourth-order valence-electron chi connectivity index (χ4n) is 6.63. The molecule has 0 unspecified atom stereocenters. The van der Waals surface area contributed by atoms with E-state index in [-0.39, 0.29) is 36.3 Å². The molecule has 2 amide bonds. The predicted octanol–water partition coefficient (Wildman–Crippen LogP) is 6.10. The minimum absolute atomic E-state index is 0.00504. The standard InChI is InChI=1S/C35H40ClN3O5S/c36-30-14-12-28(13-15-30)27-8-10-29(11-9-27)34(40)38-22-23-39(33(24-38)35(41)37-20-4-5-21-37)45(42,43)32-18-16-31(17-19-32)44-25-26-6-2-1-3-7-26/h8-19,26,33H,1-7,20-25H2/t33-/m0/s1. The Labute approximate surface area is 271 Å². The summed E-state index contributed by atoms with van der Waals surface area (Å²) in [6.07, 6.45) is 7.86. The van der Waals surface area contributed by atoms with Gasteiger partial charge in [-0.05, 0) is 91.3 Å². The Morgan fingerprint density at radius 3 is 2.00 bits per heavy atom. The van der Waals surface area contributed by atoms with E-state index in [1.165, 1.54) is 36.4 Å². The van der Waals surface area contributed by atoms with Crippen LogP contribution < -0.4 is 4.74 Å². The maximum Gasteiger partial charge on any atom is 0.253 e. The van der Waals surface area contributed by atoms with Crippen LogP contribution in [0.4, 0.5) is 0 Å². The van der Waals surface area contributed by atoms with Gasteiger partial charge in [0.15, 0.2) is 0 Å². The lowest BCUT2D eigenvalue weighted by Crippen LogP contribution is -2.61. The first-order valence-corrected chi connectivity index (χ1v) is 17.8. The second-order valence-electron chi connectivity index (χ2n) is 12.3. The molecule has 238 valence electrons. The van der Waals surface area contributed by atoms with Crippen molar-refractivity contribution in [3.63, 3.8) is 0 Å². The third-order valence-corrected chi connectivity index (χ3v) is 11.4. The minimum atomic E-state index is -4.01. The lowest BCUT2D eigenvalue weighted by Gasteiger charge is -2.41. The molecule has 3 aromatic carbocycles. The molecule has 0 bridgehead atoms. The first kappa shape index (κ1) is 31.6. The summed E-state index contributed by atoms with van der Waals surface area (Å²) in [5.74, 6) is 0.703. The minimum Gasteiger partial charge on any atom is -0.493 e. The number of piperazine rings is 1. The van der Waals surface area contributed by atoms with Crippen LogP contribution in [0.15, 0.2) is 77.7 Å². The quantitative estimate of drug-likeness (QED) is 0.294. The highest BCUT2D eigenvalue weighted by Crippen LogP contribution is 2.29. The van der Waals surface area contributed by atoms with E-state index in [4.69, 9.17) is 16.3 Å². The van der Waals surface area contributed by atoms with Gasteiger partial charge in [-0.15, -0.1) is 0 Å². The number of hydrogen-bond acceptors (Lipinski definition) is 5.